The summed E-state index contributed by atoms with van der Waals surface area (Å²) in [6.07, 6.45) is 2.06. The average molecular weight is 427 g/mol. The van der Waals surface area contributed by atoms with Crippen LogP contribution in [0, 0.1) is 21.7 Å². The summed E-state index contributed by atoms with van der Waals surface area (Å²) in [5, 5.41) is 10.9. The molecular formula is C21H19F2N5O3. The first-order valence-electron chi connectivity index (χ1n) is 9.87. The summed E-state index contributed by atoms with van der Waals surface area (Å²) in [5.74, 6) is -1.23. The molecule has 0 radical (unpaired) electrons. The quantitative estimate of drug-likeness (QED) is 0.469. The fourth-order valence-corrected chi connectivity index (χ4v) is 4.29. The topological polar surface area (TPSA) is 86.3 Å². The maximum Gasteiger partial charge on any atom is 0.415 e. The first-order valence-corrected chi connectivity index (χ1v) is 9.87. The van der Waals surface area contributed by atoms with Crippen molar-refractivity contribution in [1.82, 2.24) is 19.4 Å². The van der Waals surface area contributed by atoms with E-state index in [9.17, 15) is 18.9 Å². The lowest BCUT2D eigenvalue weighted by molar-refractivity contribution is -0.389. The molecule has 2 aliphatic rings. The minimum absolute atomic E-state index is 0.153. The summed E-state index contributed by atoms with van der Waals surface area (Å²) in [6.45, 7) is 4.43. The molecule has 0 bridgehead atoms. The van der Waals surface area contributed by atoms with Gasteiger partial charge in [-0.2, -0.15) is 0 Å². The molecule has 4 heterocycles. The van der Waals surface area contributed by atoms with Crippen molar-refractivity contribution in [3.8, 4) is 17.3 Å². The molecule has 3 aromatic rings. The Hall–Kier alpha value is -3.40. The van der Waals surface area contributed by atoms with E-state index in [4.69, 9.17) is 4.74 Å². The second kappa shape index (κ2) is 7.09. The highest BCUT2D eigenvalue weighted by Crippen LogP contribution is 2.33. The van der Waals surface area contributed by atoms with Gasteiger partial charge in [-0.3, -0.25) is 14.5 Å². The summed E-state index contributed by atoms with van der Waals surface area (Å²) in [6, 6.07) is 7.23. The molecule has 2 aromatic heterocycles. The van der Waals surface area contributed by atoms with E-state index in [1.54, 1.807) is 10.6 Å². The molecule has 8 nitrogen and oxygen atoms in total. The van der Waals surface area contributed by atoms with Crippen molar-refractivity contribution < 1.29 is 18.4 Å². The van der Waals surface area contributed by atoms with Crippen molar-refractivity contribution in [3.63, 3.8) is 0 Å². The lowest BCUT2D eigenvalue weighted by Crippen LogP contribution is -2.46. The van der Waals surface area contributed by atoms with E-state index in [1.807, 2.05) is 13.0 Å². The number of rotatable bonds is 4. The summed E-state index contributed by atoms with van der Waals surface area (Å²) < 4.78 is 35.2. The van der Waals surface area contributed by atoms with E-state index in [1.165, 1.54) is 6.20 Å². The van der Waals surface area contributed by atoms with Gasteiger partial charge in [-0.25, -0.2) is 8.78 Å². The van der Waals surface area contributed by atoms with E-state index in [2.05, 4.69) is 14.9 Å². The summed E-state index contributed by atoms with van der Waals surface area (Å²) >= 11 is 0. The van der Waals surface area contributed by atoms with Gasteiger partial charge in [0.1, 0.15) is 23.4 Å². The smallest absolute Gasteiger partial charge is 0.415 e. The number of nitro groups is 1. The number of benzene rings is 1. The van der Waals surface area contributed by atoms with Crippen molar-refractivity contribution in [1.29, 1.82) is 0 Å². The molecule has 5 rings (SSSR count). The molecule has 1 aromatic carbocycles. The van der Waals surface area contributed by atoms with E-state index in [0.29, 0.717) is 31.7 Å². The average Bonchev–Trinajstić information content (AvgIpc) is 3.24. The van der Waals surface area contributed by atoms with Gasteiger partial charge in [0, 0.05) is 42.3 Å². The number of ether oxygens (including phenoxy) is 1. The van der Waals surface area contributed by atoms with Crippen molar-refractivity contribution in [2.24, 2.45) is 0 Å². The van der Waals surface area contributed by atoms with Crippen LogP contribution in [0.2, 0.25) is 0 Å². The van der Waals surface area contributed by atoms with Crippen molar-refractivity contribution in [2.45, 2.75) is 32.0 Å². The number of halogens is 2. The molecule has 0 saturated heterocycles. The highest BCUT2D eigenvalue weighted by Gasteiger charge is 2.41. The molecule has 0 aliphatic carbocycles. The number of hydrogen-bond donors (Lipinski definition) is 0. The summed E-state index contributed by atoms with van der Waals surface area (Å²) in [5.41, 5.74) is 1.93. The standard InChI is InChI=1S/C21H19F2N5O3/c1-21(12-27-10-19(28(29)30)25-20(27)31-21)11-26-7-6-17-13(9-26)2-5-18(24-17)15-8-14(22)3-4-16(15)23/h2-5,8,10H,6-7,9,11-12H2,1H3. The van der Waals surface area contributed by atoms with Crippen molar-refractivity contribution in [2.75, 3.05) is 13.1 Å². The van der Waals surface area contributed by atoms with Crippen LogP contribution in [-0.4, -0.2) is 43.0 Å². The van der Waals surface area contributed by atoms with E-state index >= 15 is 0 Å². The van der Waals surface area contributed by atoms with Crippen LogP contribution in [0.4, 0.5) is 14.6 Å². The zero-order valence-electron chi connectivity index (χ0n) is 16.7. The van der Waals surface area contributed by atoms with Gasteiger partial charge in [-0.1, -0.05) is 6.07 Å². The predicted molar refractivity (Wildman–Crippen MR) is 106 cm³/mol. The minimum atomic E-state index is -0.549. The SMILES string of the molecule is CC1(CN2CCc3nc(-c4cc(F)ccc4F)ccc3C2)Cn2cc([N+](=O)[O-])nc2O1. The van der Waals surface area contributed by atoms with Crippen molar-refractivity contribution >= 4 is 5.82 Å². The van der Waals surface area contributed by atoms with Crippen LogP contribution < -0.4 is 4.74 Å². The number of pyridine rings is 1. The highest BCUT2D eigenvalue weighted by molar-refractivity contribution is 5.60. The Morgan fingerprint density at radius 1 is 1.26 bits per heavy atom. The third kappa shape index (κ3) is 3.63. The first kappa shape index (κ1) is 19.6. The van der Waals surface area contributed by atoms with Crippen LogP contribution in [0.5, 0.6) is 6.01 Å². The Morgan fingerprint density at radius 3 is 2.87 bits per heavy atom. The monoisotopic (exact) mass is 427 g/mol. The van der Waals surface area contributed by atoms with E-state index in [0.717, 1.165) is 36.0 Å². The molecule has 1 unspecified atom stereocenters. The van der Waals surface area contributed by atoms with Crippen molar-refractivity contribution in [3.05, 3.63) is 69.5 Å². The Bertz CT molecular complexity index is 1170. The minimum Gasteiger partial charge on any atom is -0.436 e. The zero-order chi connectivity index (χ0) is 21.8. The normalized spacial score (nSPS) is 20.2. The number of nitrogens with zero attached hydrogens (tertiary/aromatic N) is 5. The maximum atomic E-state index is 14.1. The summed E-state index contributed by atoms with van der Waals surface area (Å²) in [4.78, 5) is 21.1. The van der Waals surface area contributed by atoms with Gasteiger partial charge in [-0.15, -0.1) is 0 Å². The maximum absolute atomic E-state index is 14.1. The molecule has 2 aliphatic heterocycles. The third-order valence-electron chi connectivity index (χ3n) is 5.65. The van der Waals surface area contributed by atoms with Gasteiger partial charge in [0.15, 0.2) is 0 Å². The predicted octanol–water partition coefficient (Wildman–Crippen LogP) is 3.34. The van der Waals surface area contributed by atoms with Crippen LogP contribution in [0.25, 0.3) is 11.3 Å². The van der Waals surface area contributed by atoms with Crippen LogP contribution in [0.1, 0.15) is 18.2 Å². The van der Waals surface area contributed by atoms with Gasteiger partial charge >= 0.3 is 11.8 Å². The molecule has 10 heteroatoms. The Kier molecular flexibility index (Phi) is 4.47. The molecule has 0 fully saturated rings. The van der Waals surface area contributed by atoms with E-state index in [-0.39, 0.29) is 17.4 Å². The molecule has 31 heavy (non-hydrogen) atoms. The number of imidazole rings is 1. The van der Waals surface area contributed by atoms with Crippen LogP contribution in [0.15, 0.2) is 36.5 Å². The van der Waals surface area contributed by atoms with Gasteiger partial charge in [0.05, 0.1) is 12.2 Å². The number of aromatic nitrogens is 3. The third-order valence-corrected chi connectivity index (χ3v) is 5.65. The van der Waals surface area contributed by atoms with Gasteiger partial charge in [0.25, 0.3) is 0 Å². The molecular weight excluding hydrogens is 408 g/mol. The Morgan fingerprint density at radius 2 is 2.10 bits per heavy atom. The lowest BCUT2D eigenvalue weighted by Gasteiger charge is -2.34. The van der Waals surface area contributed by atoms with Crippen LogP contribution in [0.3, 0.4) is 0 Å². The lowest BCUT2D eigenvalue weighted by atomic mass is 10.00. The van der Waals surface area contributed by atoms with Crippen LogP contribution >= 0.6 is 0 Å². The summed E-state index contributed by atoms with van der Waals surface area (Å²) in [7, 11) is 0. The van der Waals surface area contributed by atoms with E-state index < -0.39 is 22.2 Å². The fourth-order valence-electron chi connectivity index (χ4n) is 4.29. The van der Waals surface area contributed by atoms with Gasteiger partial charge < -0.3 is 14.9 Å². The molecule has 0 spiro atoms. The molecule has 1 atom stereocenters. The fraction of sp³-hybridized carbons (Fsp3) is 0.333. The second-order valence-electron chi connectivity index (χ2n) is 8.21. The van der Waals surface area contributed by atoms with Crippen LogP contribution in [-0.2, 0) is 19.5 Å². The Labute approximate surface area is 176 Å². The Balaban J connectivity index is 1.29. The van der Waals surface area contributed by atoms with Gasteiger partial charge in [0.2, 0.25) is 0 Å². The van der Waals surface area contributed by atoms with Gasteiger partial charge in [-0.05, 0) is 41.7 Å². The molecule has 0 saturated carbocycles. The number of fused-ring (bicyclic) bond motifs is 2. The first-order chi connectivity index (χ1) is 14.8. The second-order valence-corrected chi connectivity index (χ2v) is 8.21. The zero-order valence-corrected chi connectivity index (χ0v) is 16.7. The number of hydrogen-bond acceptors (Lipinski definition) is 6. The largest absolute Gasteiger partial charge is 0.436 e. The molecule has 160 valence electrons. The molecule has 0 amide bonds. The highest BCUT2D eigenvalue weighted by atomic mass is 19.1. The molecule has 0 N–H and O–H groups in total.